The summed E-state index contributed by atoms with van der Waals surface area (Å²) in [6.45, 7) is 5.76. The van der Waals surface area contributed by atoms with Gasteiger partial charge in [0.05, 0.1) is 5.52 Å². The lowest BCUT2D eigenvalue weighted by atomic mass is 10.1. The second kappa shape index (κ2) is 7.92. The van der Waals surface area contributed by atoms with E-state index in [1.165, 1.54) is 24.3 Å². The average molecular weight is 401 g/mol. The molecule has 0 bridgehead atoms. The molecular formula is C22H18F3NO3. The van der Waals surface area contributed by atoms with Crippen LogP contribution in [0.5, 0.6) is 23.0 Å². The van der Waals surface area contributed by atoms with E-state index in [4.69, 9.17) is 15.9 Å². The lowest BCUT2D eigenvalue weighted by Crippen LogP contribution is -2.16. The predicted octanol–water partition coefficient (Wildman–Crippen LogP) is 5.86. The minimum atomic E-state index is -4.74. The Balaban J connectivity index is 1.96. The molecular weight excluding hydrogens is 383 g/mol. The van der Waals surface area contributed by atoms with Crippen LogP contribution < -0.4 is 14.2 Å². The quantitative estimate of drug-likeness (QED) is 0.502. The summed E-state index contributed by atoms with van der Waals surface area (Å²) >= 11 is 0. The first kappa shape index (κ1) is 20.3. The maximum atomic E-state index is 12.3. The minimum absolute atomic E-state index is 0.115. The van der Waals surface area contributed by atoms with Crippen molar-refractivity contribution in [3.05, 3.63) is 53.2 Å². The minimum Gasteiger partial charge on any atom is -0.480 e. The van der Waals surface area contributed by atoms with E-state index in [1.807, 2.05) is 26.8 Å². The molecule has 0 aliphatic heterocycles. The Morgan fingerprint density at radius 1 is 1.03 bits per heavy atom. The van der Waals surface area contributed by atoms with Gasteiger partial charge in [0.25, 0.3) is 0 Å². The van der Waals surface area contributed by atoms with Crippen molar-refractivity contribution in [2.75, 3.05) is 6.61 Å². The van der Waals surface area contributed by atoms with Crippen LogP contribution in [0.3, 0.4) is 0 Å². The number of pyridine rings is 1. The van der Waals surface area contributed by atoms with Gasteiger partial charge in [0.2, 0.25) is 0 Å². The predicted molar refractivity (Wildman–Crippen MR) is 103 cm³/mol. The Morgan fingerprint density at radius 3 is 2.31 bits per heavy atom. The second-order valence-electron chi connectivity index (χ2n) is 6.40. The van der Waals surface area contributed by atoms with Gasteiger partial charge >= 0.3 is 6.36 Å². The van der Waals surface area contributed by atoms with E-state index in [0.29, 0.717) is 17.2 Å². The Morgan fingerprint density at radius 2 is 1.69 bits per heavy atom. The maximum Gasteiger partial charge on any atom is 0.573 e. The zero-order valence-electron chi connectivity index (χ0n) is 16.1. The lowest BCUT2D eigenvalue weighted by Gasteiger charge is -2.15. The average Bonchev–Trinajstić information content (AvgIpc) is 2.64. The number of benzene rings is 2. The topological polar surface area (TPSA) is 40.6 Å². The van der Waals surface area contributed by atoms with E-state index in [2.05, 4.69) is 15.6 Å². The molecule has 0 saturated carbocycles. The molecule has 0 saturated heterocycles. The monoisotopic (exact) mass is 401 g/mol. The molecule has 3 aromatic rings. The highest BCUT2D eigenvalue weighted by Gasteiger charge is 2.31. The Bertz CT molecular complexity index is 1080. The Labute approximate surface area is 166 Å². The summed E-state index contributed by atoms with van der Waals surface area (Å²) in [5, 5.41) is 0.737. The van der Waals surface area contributed by atoms with E-state index >= 15 is 0 Å². The van der Waals surface area contributed by atoms with Crippen molar-refractivity contribution in [1.29, 1.82) is 0 Å². The van der Waals surface area contributed by atoms with Crippen LogP contribution >= 0.6 is 0 Å². The number of alkyl halides is 3. The van der Waals surface area contributed by atoms with Gasteiger partial charge in [-0.3, -0.25) is 4.98 Å². The first-order chi connectivity index (χ1) is 13.7. The number of fused-ring (bicyclic) bond motifs is 1. The summed E-state index contributed by atoms with van der Waals surface area (Å²) in [7, 11) is 0. The van der Waals surface area contributed by atoms with Crippen LogP contribution in [0.4, 0.5) is 13.2 Å². The molecule has 2 aromatic carbocycles. The number of halogens is 3. The smallest absolute Gasteiger partial charge is 0.480 e. The molecule has 0 aliphatic carbocycles. The SMILES string of the molecule is C#CCOc1c(C)c(C)nc2cc(C)c(Oc3ccc(OC(F)(F)F)cc3)cc12. The van der Waals surface area contributed by atoms with Crippen LogP contribution in [0.2, 0.25) is 0 Å². The van der Waals surface area contributed by atoms with E-state index < -0.39 is 6.36 Å². The van der Waals surface area contributed by atoms with Crippen molar-refractivity contribution in [2.24, 2.45) is 0 Å². The zero-order valence-corrected chi connectivity index (χ0v) is 16.1. The highest BCUT2D eigenvalue weighted by molar-refractivity contribution is 5.89. The molecule has 29 heavy (non-hydrogen) atoms. The summed E-state index contributed by atoms with van der Waals surface area (Å²) in [5.74, 6) is 3.65. The fourth-order valence-electron chi connectivity index (χ4n) is 2.82. The molecule has 0 fully saturated rings. The van der Waals surface area contributed by atoms with Gasteiger partial charge in [-0.25, -0.2) is 0 Å². The van der Waals surface area contributed by atoms with Crippen LogP contribution in [-0.2, 0) is 0 Å². The first-order valence-corrected chi connectivity index (χ1v) is 8.69. The zero-order chi connectivity index (χ0) is 21.2. The lowest BCUT2D eigenvalue weighted by molar-refractivity contribution is -0.274. The van der Waals surface area contributed by atoms with Crippen LogP contribution in [0, 0.1) is 33.1 Å². The molecule has 0 spiro atoms. The van der Waals surface area contributed by atoms with Gasteiger partial charge in [0.1, 0.15) is 29.6 Å². The van der Waals surface area contributed by atoms with E-state index in [0.717, 1.165) is 27.7 Å². The van der Waals surface area contributed by atoms with Crippen LogP contribution in [0.15, 0.2) is 36.4 Å². The highest BCUT2D eigenvalue weighted by Crippen LogP contribution is 2.36. The fraction of sp³-hybridized carbons (Fsp3) is 0.227. The third-order valence-electron chi connectivity index (χ3n) is 4.29. The van der Waals surface area contributed by atoms with Crippen molar-refractivity contribution in [3.63, 3.8) is 0 Å². The van der Waals surface area contributed by atoms with Gasteiger partial charge in [-0.1, -0.05) is 5.92 Å². The summed E-state index contributed by atoms with van der Waals surface area (Å²) in [6.07, 6.45) is 0.578. The van der Waals surface area contributed by atoms with Gasteiger partial charge in [-0.05, 0) is 62.7 Å². The third-order valence-corrected chi connectivity index (χ3v) is 4.29. The summed E-state index contributed by atoms with van der Waals surface area (Å²) in [6, 6.07) is 8.83. The number of hydrogen-bond acceptors (Lipinski definition) is 4. The van der Waals surface area contributed by atoms with Gasteiger partial charge in [-0.2, -0.15) is 0 Å². The molecule has 0 atom stereocenters. The molecule has 0 N–H and O–H groups in total. The van der Waals surface area contributed by atoms with Crippen molar-refractivity contribution in [1.82, 2.24) is 4.98 Å². The fourth-order valence-corrected chi connectivity index (χ4v) is 2.82. The Kier molecular flexibility index (Phi) is 5.55. The van der Waals surface area contributed by atoms with Crippen molar-refractivity contribution in [2.45, 2.75) is 27.1 Å². The van der Waals surface area contributed by atoms with Gasteiger partial charge < -0.3 is 14.2 Å². The second-order valence-corrected chi connectivity index (χ2v) is 6.40. The molecule has 1 aromatic heterocycles. The molecule has 0 radical (unpaired) electrons. The van der Waals surface area contributed by atoms with Crippen molar-refractivity contribution in [3.8, 4) is 35.3 Å². The number of nitrogens with zero attached hydrogens (tertiary/aromatic N) is 1. The van der Waals surface area contributed by atoms with Crippen LogP contribution in [0.25, 0.3) is 10.9 Å². The molecule has 0 aliphatic rings. The largest absolute Gasteiger partial charge is 0.573 e. The van der Waals surface area contributed by atoms with Crippen molar-refractivity contribution >= 4 is 10.9 Å². The number of terminal acetylenes is 1. The van der Waals surface area contributed by atoms with Crippen molar-refractivity contribution < 1.29 is 27.4 Å². The van der Waals surface area contributed by atoms with Crippen LogP contribution in [-0.4, -0.2) is 18.0 Å². The molecule has 150 valence electrons. The number of aromatic nitrogens is 1. The van der Waals surface area contributed by atoms with E-state index in [9.17, 15) is 13.2 Å². The number of hydrogen-bond donors (Lipinski definition) is 0. The number of ether oxygens (including phenoxy) is 3. The summed E-state index contributed by atoms with van der Waals surface area (Å²) in [5.41, 5.74) is 3.25. The Hall–Kier alpha value is -3.40. The molecule has 7 heteroatoms. The number of aryl methyl sites for hydroxylation is 2. The maximum absolute atomic E-state index is 12.3. The molecule has 3 rings (SSSR count). The van der Waals surface area contributed by atoms with Crippen LogP contribution in [0.1, 0.15) is 16.8 Å². The standard InChI is InChI=1S/C22H18F3NO3/c1-5-10-27-21-14(3)15(4)26-19-11-13(2)20(12-18(19)21)28-16-6-8-17(9-7-16)29-22(23,24)25/h1,6-9,11-12H,10H2,2-4H3. The molecule has 0 unspecified atom stereocenters. The normalized spacial score (nSPS) is 11.2. The molecule has 0 amide bonds. The van der Waals surface area contributed by atoms with Gasteiger partial charge in [0.15, 0.2) is 0 Å². The molecule has 1 heterocycles. The first-order valence-electron chi connectivity index (χ1n) is 8.69. The third kappa shape index (κ3) is 4.72. The molecule has 4 nitrogen and oxygen atoms in total. The summed E-state index contributed by atoms with van der Waals surface area (Å²) < 4.78 is 52.4. The number of rotatable bonds is 5. The highest BCUT2D eigenvalue weighted by atomic mass is 19.4. The summed E-state index contributed by atoms with van der Waals surface area (Å²) in [4.78, 5) is 4.59. The van der Waals surface area contributed by atoms with E-state index in [1.54, 1.807) is 6.07 Å². The van der Waals surface area contributed by atoms with E-state index in [-0.39, 0.29) is 12.4 Å². The van der Waals surface area contributed by atoms with Gasteiger partial charge in [0, 0.05) is 16.6 Å². The van der Waals surface area contributed by atoms with Gasteiger partial charge in [-0.15, -0.1) is 19.6 Å².